The number of likely N-dealkylation sites (N-methyl/N-ethyl adjacent to an activating group) is 1. The van der Waals surface area contributed by atoms with Gasteiger partial charge in [0.25, 0.3) is 0 Å². The van der Waals surface area contributed by atoms with Crippen LogP contribution < -0.4 is 0 Å². The van der Waals surface area contributed by atoms with Crippen molar-refractivity contribution in [2.75, 3.05) is 33.3 Å². The Hall–Kier alpha value is -1.40. The Labute approximate surface area is 132 Å². The number of hydrogen-bond donors (Lipinski definition) is 0. The summed E-state index contributed by atoms with van der Waals surface area (Å²) in [5.41, 5.74) is 2.31. The molecule has 0 unspecified atom stereocenters. The number of amides is 1. The zero-order valence-electron chi connectivity index (χ0n) is 13.8. The maximum Gasteiger partial charge on any atom is 0.223 e. The first-order valence-corrected chi connectivity index (χ1v) is 8.13. The third kappa shape index (κ3) is 3.03. The third-order valence-electron chi connectivity index (χ3n) is 5.05. The molecule has 3 rings (SSSR count). The van der Waals surface area contributed by atoms with E-state index in [1.165, 1.54) is 5.56 Å². The van der Waals surface area contributed by atoms with Crippen LogP contribution in [0.5, 0.6) is 0 Å². The van der Waals surface area contributed by atoms with Gasteiger partial charge in [-0.3, -0.25) is 9.48 Å². The topological polar surface area (TPSA) is 50.6 Å². The average Bonchev–Trinajstić information content (AvgIpc) is 2.83. The number of aryl methyl sites for hydroxylation is 2. The lowest BCUT2D eigenvalue weighted by atomic mass is 9.98. The number of piperidine rings is 1. The summed E-state index contributed by atoms with van der Waals surface area (Å²) in [7, 11) is 4.05. The molecule has 3 heterocycles. The Kier molecular flexibility index (Phi) is 4.49. The molecule has 0 N–H and O–H groups in total. The van der Waals surface area contributed by atoms with Crippen molar-refractivity contribution in [2.24, 2.45) is 7.05 Å². The van der Waals surface area contributed by atoms with Crippen LogP contribution in [0.2, 0.25) is 0 Å². The van der Waals surface area contributed by atoms with Gasteiger partial charge in [0.05, 0.1) is 24.9 Å². The maximum atomic E-state index is 12.7. The highest BCUT2D eigenvalue weighted by atomic mass is 16.5. The van der Waals surface area contributed by atoms with Crippen LogP contribution in [0, 0.1) is 6.92 Å². The second-order valence-electron chi connectivity index (χ2n) is 6.49. The normalized spacial score (nSPS) is 26.0. The SMILES string of the molecule is Cc1c(CCC(=O)N2CCO[C@H]3CCN(C)C[C@@H]32)cnn1C. The summed E-state index contributed by atoms with van der Waals surface area (Å²) >= 11 is 0. The molecule has 0 radical (unpaired) electrons. The fourth-order valence-electron chi connectivity index (χ4n) is 3.51. The molecule has 1 amide bonds. The maximum absolute atomic E-state index is 12.7. The van der Waals surface area contributed by atoms with E-state index in [-0.39, 0.29) is 18.1 Å². The molecular weight excluding hydrogens is 280 g/mol. The predicted octanol–water partition coefficient (Wildman–Crippen LogP) is 0.593. The molecule has 0 aromatic carbocycles. The van der Waals surface area contributed by atoms with Gasteiger partial charge >= 0.3 is 0 Å². The molecule has 122 valence electrons. The molecular formula is C16H26N4O2. The minimum atomic E-state index is 0.217. The van der Waals surface area contributed by atoms with Crippen molar-refractivity contribution in [1.82, 2.24) is 19.6 Å². The van der Waals surface area contributed by atoms with Crippen LogP contribution in [0.15, 0.2) is 6.20 Å². The number of aromatic nitrogens is 2. The number of nitrogens with zero attached hydrogens (tertiary/aromatic N) is 4. The quantitative estimate of drug-likeness (QED) is 0.820. The zero-order valence-corrected chi connectivity index (χ0v) is 13.8. The van der Waals surface area contributed by atoms with Gasteiger partial charge in [0.15, 0.2) is 0 Å². The first-order valence-electron chi connectivity index (χ1n) is 8.13. The van der Waals surface area contributed by atoms with Gasteiger partial charge in [-0.2, -0.15) is 5.10 Å². The number of rotatable bonds is 3. The third-order valence-corrected chi connectivity index (χ3v) is 5.05. The predicted molar refractivity (Wildman–Crippen MR) is 83.6 cm³/mol. The molecule has 6 heteroatoms. The number of carbonyl (C=O) groups excluding carboxylic acids is 1. The van der Waals surface area contributed by atoms with Crippen LogP contribution in [0.4, 0.5) is 0 Å². The highest BCUT2D eigenvalue weighted by Crippen LogP contribution is 2.23. The Bertz CT molecular complexity index is 542. The van der Waals surface area contributed by atoms with E-state index >= 15 is 0 Å². The lowest BCUT2D eigenvalue weighted by Crippen LogP contribution is -2.60. The van der Waals surface area contributed by atoms with E-state index in [9.17, 15) is 4.79 Å². The fourth-order valence-corrected chi connectivity index (χ4v) is 3.51. The van der Waals surface area contributed by atoms with E-state index in [1.807, 2.05) is 24.9 Å². The van der Waals surface area contributed by atoms with E-state index in [0.29, 0.717) is 13.0 Å². The van der Waals surface area contributed by atoms with Crippen molar-refractivity contribution in [3.63, 3.8) is 0 Å². The largest absolute Gasteiger partial charge is 0.374 e. The molecule has 0 saturated carbocycles. The summed E-state index contributed by atoms with van der Waals surface area (Å²) < 4.78 is 7.72. The van der Waals surface area contributed by atoms with Crippen molar-refractivity contribution in [3.05, 3.63) is 17.5 Å². The smallest absolute Gasteiger partial charge is 0.223 e. The number of morpholine rings is 1. The summed E-state index contributed by atoms with van der Waals surface area (Å²) in [6.45, 7) is 5.41. The first-order chi connectivity index (χ1) is 10.6. The van der Waals surface area contributed by atoms with Crippen molar-refractivity contribution >= 4 is 5.91 Å². The van der Waals surface area contributed by atoms with Crippen LogP contribution in [0.25, 0.3) is 0 Å². The standard InChI is InChI=1S/C16H26N4O2/c1-12-13(10-17-19(12)3)4-5-16(21)20-8-9-22-15-6-7-18(2)11-14(15)20/h10,14-15H,4-9,11H2,1-3H3/t14-,15-/m0/s1. The monoisotopic (exact) mass is 306 g/mol. The van der Waals surface area contributed by atoms with E-state index in [0.717, 1.165) is 38.2 Å². The summed E-state index contributed by atoms with van der Waals surface area (Å²) in [6, 6.07) is 0.218. The van der Waals surface area contributed by atoms with Gasteiger partial charge in [-0.05, 0) is 32.4 Å². The molecule has 1 aromatic rings. The second-order valence-corrected chi connectivity index (χ2v) is 6.49. The number of fused-ring (bicyclic) bond motifs is 1. The van der Waals surface area contributed by atoms with Crippen LogP contribution >= 0.6 is 0 Å². The van der Waals surface area contributed by atoms with Gasteiger partial charge in [-0.1, -0.05) is 0 Å². The van der Waals surface area contributed by atoms with Crippen LogP contribution in [0.3, 0.4) is 0 Å². The molecule has 2 aliphatic heterocycles. The van der Waals surface area contributed by atoms with Crippen LogP contribution in [0.1, 0.15) is 24.1 Å². The van der Waals surface area contributed by atoms with Crippen molar-refractivity contribution in [2.45, 2.75) is 38.3 Å². The number of ether oxygens (including phenoxy) is 1. The van der Waals surface area contributed by atoms with E-state index in [2.05, 4.69) is 21.9 Å². The van der Waals surface area contributed by atoms with Crippen molar-refractivity contribution in [3.8, 4) is 0 Å². The highest BCUT2D eigenvalue weighted by Gasteiger charge is 2.38. The molecule has 1 aromatic heterocycles. The van der Waals surface area contributed by atoms with Gasteiger partial charge in [-0.15, -0.1) is 0 Å². The van der Waals surface area contributed by atoms with Gasteiger partial charge < -0.3 is 14.5 Å². The molecule has 0 bridgehead atoms. The molecule has 6 nitrogen and oxygen atoms in total. The van der Waals surface area contributed by atoms with Gasteiger partial charge in [0.1, 0.15) is 0 Å². The summed E-state index contributed by atoms with van der Waals surface area (Å²) in [5, 5.41) is 4.25. The van der Waals surface area contributed by atoms with Crippen LogP contribution in [-0.2, 0) is 23.0 Å². The Morgan fingerprint density at radius 1 is 1.41 bits per heavy atom. The molecule has 2 saturated heterocycles. The zero-order chi connectivity index (χ0) is 15.7. The molecule has 0 spiro atoms. The molecule has 0 aliphatic carbocycles. The Balaban J connectivity index is 1.62. The number of carbonyl (C=O) groups is 1. The lowest BCUT2D eigenvalue weighted by molar-refractivity contribution is -0.151. The number of hydrogen-bond acceptors (Lipinski definition) is 4. The van der Waals surface area contributed by atoms with Crippen molar-refractivity contribution < 1.29 is 9.53 Å². The molecule has 2 atom stereocenters. The van der Waals surface area contributed by atoms with Gasteiger partial charge in [0, 0.05) is 38.8 Å². The average molecular weight is 306 g/mol. The van der Waals surface area contributed by atoms with E-state index in [4.69, 9.17) is 4.74 Å². The fraction of sp³-hybridized carbons (Fsp3) is 0.750. The summed E-state index contributed by atoms with van der Waals surface area (Å²) in [4.78, 5) is 17.0. The summed E-state index contributed by atoms with van der Waals surface area (Å²) in [5.74, 6) is 0.247. The molecule has 2 aliphatic rings. The minimum Gasteiger partial charge on any atom is -0.374 e. The van der Waals surface area contributed by atoms with Gasteiger partial charge in [0.2, 0.25) is 5.91 Å². The van der Waals surface area contributed by atoms with Gasteiger partial charge in [-0.25, -0.2) is 0 Å². The first kappa shape index (κ1) is 15.5. The van der Waals surface area contributed by atoms with E-state index < -0.39 is 0 Å². The molecule has 22 heavy (non-hydrogen) atoms. The Morgan fingerprint density at radius 2 is 2.23 bits per heavy atom. The van der Waals surface area contributed by atoms with Crippen LogP contribution in [-0.4, -0.2) is 70.9 Å². The minimum absolute atomic E-state index is 0.217. The number of likely N-dealkylation sites (tertiary alicyclic amines) is 1. The Morgan fingerprint density at radius 3 is 2.95 bits per heavy atom. The summed E-state index contributed by atoms with van der Waals surface area (Å²) in [6.07, 6.45) is 4.43. The van der Waals surface area contributed by atoms with Crippen molar-refractivity contribution in [1.29, 1.82) is 0 Å². The molecule has 2 fully saturated rings. The second kappa shape index (κ2) is 6.38. The lowest BCUT2D eigenvalue weighted by Gasteiger charge is -2.46. The highest BCUT2D eigenvalue weighted by molar-refractivity contribution is 5.77. The van der Waals surface area contributed by atoms with E-state index in [1.54, 1.807) is 0 Å².